The van der Waals surface area contributed by atoms with Crippen LogP contribution in [0, 0.1) is 0 Å². The lowest BCUT2D eigenvalue weighted by atomic mass is 10.2. The van der Waals surface area contributed by atoms with Gasteiger partial charge in [-0.3, -0.25) is 9.59 Å². The molecule has 13 nitrogen and oxygen atoms in total. The summed E-state index contributed by atoms with van der Waals surface area (Å²) < 4.78 is 57.5. The molecule has 0 spiro atoms. The Bertz CT molecular complexity index is 607. The highest BCUT2D eigenvalue weighted by molar-refractivity contribution is 5.76. The van der Waals surface area contributed by atoms with Gasteiger partial charge in [-0.05, 0) is 41.5 Å². The van der Waals surface area contributed by atoms with E-state index in [0.29, 0.717) is 19.8 Å². The zero-order chi connectivity index (χ0) is 28.4. The van der Waals surface area contributed by atoms with Crippen molar-refractivity contribution in [2.75, 3.05) is 60.5 Å². The van der Waals surface area contributed by atoms with E-state index in [0.717, 1.165) is 0 Å². The van der Waals surface area contributed by atoms with Crippen LogP contribution in [0.25, 0.3) is 0 Å². The summed E-state index contributed by atoms with van der Waals surface area (Å²) in [6, 6.07) is 0. The molecule has 0 bridgehead atoms. The molecule has 2 unspecified atom stereocenters. The van der Waals surface area contributed by atoms with Crippen LogP contribution in [-0.2, 0) is 57.0 Å². The lowest BCUT2D eigenvalue weighted by Crippen LogP contribution is -2.64. The standard InChI is InChI=1S/C24H46O13/c1-9-30-22(31-10-2,32-11-3)19(28-7)17-18-36-24(34-13-5,35-14-6)23(29-8,33-12-4)37-21(27)16-15-20(25)26/h19H,9-18H2,1-8H3,(H,25,26). The molecule has 0 aromatic rings. The fourth-order valence-corrected chi connectivity index (χ4v) is 3.52. The van der Waals surface area contributed by atoms with E-state index in [4.69, 9.17) is 52.5 Å². The van der Waals surface area contributed by atoms with Gasteiger partial charge in [-0.25, -0.2) is 0 Å². The molecular weight excluding hydrogens is 496 g/mol. The molecule has 0 aliphatic rings. The van der Waals surface area contributed by atoms with E-state index in [9.17, 15) is 9.59 Å². The minimum atomic E-state index is -2.32. The fraction of sp³-hybridized carbons (Fsp3) is 0.917. The molecule has 0 radical (unpaired) electrons. The van der Waals surface area contributed by atoms with Gasteiger partial charge in [-0.1, -0.05) is 0 Å². The quantitative estimate of drug-likeness (QED) is 0.141. The topological polar surface area (TPSA) is 147 Å². The first-order chi connectivity index (χ1) is 17.7. The minimum Gasteiger partial charge on any atom is -0.481 e. The molecule has 0 aliphatic heterocycles. The Morgan fingerprint density at radius 2 is 1.14 bits per heavy atom. The Hall–Kier alpha value is -1.42. The van der Waals surface area contributed by atoms with Crippen molar-refractivity contribution >= 4 is 11.9 Å². The van der Waals surface area contributed by atoms with Crippen molar-refractivity contribution in [2.24, 2.45) is 0 Å². The molecule has 0 rings (SSSR count). The van der Waals surface area contributed by atoms with Crippen LogP contribution >= 0.6 is 0 Å². The average Bonchev–Trinajstić information content (AvgIpc) is 2.85. The van der Waals surface area contributed by atoms with Gasteiger partial charge in [-0.2, -0.15) is 0 Å². The van der Waals surface area contributed by atoms with Crippen molar-refractivity contribution in [1.29, 1.82) is 0 Å². The van der Waals surface area contributed by atoms with Gasteiger partial charge in [0.25, 0.3) is 0 Å². The third-order valence-electron chi connectivity index (χ3n) is 4.83. The van der Waals surface area contributed by atoms with Crippen LogP contribution in [0.2, 0.25) is 0 Å². The van der Waals surface area contributed by atoms with Gasteiger partial charge >= 0.3 is 29.9 Å². The van der Waals surface area contributed by atoms with E-state index in [1.54, 1.807) is 41.5 Å². The molecule has 37 heavy (non-hydrogen) atoms. The Morgan fingerprint density at radius 1 is 0.676 bits per heavy atom. The summed E-state index contributed by atoms with van der Waals surface area (Å²) in [5.74, 6) is -8.06. The van der Waals surface area contributed by atoms with Gasteiger partial charge in [0, 0.05) is 53.7 Å². The molecule has 0 saturated carbocycles. The minimum absolute atomic E-state index is 0.00807. The van der Waals surface area contributed by atoms with Crippen LogP contribution in [0.4, 0.5) is 0 Å². The molecule has 13 heteroatoms. The fourth-order valence-electron chi connectivity index (χ4n) is 3.52. The molecule has 0 heterocycles. The maximum atomic E-state index is 12.5. The van der Waals surface area contributed by atoms with E-state index >= 15 is 0 Å². The van der Waals surface area contributed by atoms with Gasteiger partial charge in [0.1, 0.15) is 6.10 Å². The Balaban J connectivity index is 6.16. The number of carboxylic acid groups (broad SMARTS) is 1. The zero-order valence-electron chi connectivity index (χ0n) is 23.5. The maximum absolute atomic E-state index is 12.5. The van der Waals surface area contributed by atoms with Crippen LogP contribution < -0.4 is 0 Å². The number of aliphatic carboxylic acids is 1. The van der Waals surface area contributed by atoms with Crippen molar-refractivity contribution in [1.82, 2.24) is 0 Å². The lowest BCUT2D eigenvalue weighted by Gasteiger charge is -2.44. The second-order valence-corrected chi connectivity index (χ2v) is 7.25. The van der Waals surface area contributed by atoms with Crippen LogP contribution in [0.5, 0.6) is 0 Å². The van der Waals surface area contributed by atoms with Crippen molar-refractivity contribution in [3.63, 3.8) is 0 Å². The van der Waals surface area contributed by atoms with Crippen LogP contribution in [-0.4, -0.2) is 102 Å². The molecule has 0 aromatic heterocycles. The number of hydrogen-bond acceptors (Lipinski definition) is 12. The predicted octanol–water partition coefficient (Wildman–Crippen LogP) is 2.64. The van der Waals surface area contributed by atoms with Gasteiger partial charge < -0.3 is 52.5 Å². The molecule has 220 valence electrons. The molecule has 0 aliphatic carbocycles. The molecule has 2 atom stereocenters. The maximum Gasteiger partial charge on any atom is 0.416 e. The molecular formula is C24H46O13. The second kappa shape index (κ2) is 18.8. The van der Waals surface area contributed by atoms with E-state index in [1.165, 1.54) is 14.2 Å². The van der Waals surface area contributed by atoms with Crippen molar-refractivity contribution in [3.05, 3.63) is 0 Å². The number of carbonyl (C=O) groups excluding carboxylic acids is 1. The normalized spacial score (nSPS) is 14.8. The first-order valence-electron chi connectivity index (χ1n) is 12.6. The van der Waals surface area contributed by atoms with Crippen molar-refractivity contribution in [3.8, 4) is 0 Å². The summed E-state index contributed by atoms with van der Waals surface area (Å²) in [6.45, 7) is 11.3. The first kappa shape index (κ1) is 35.6. The second-order valence-electron chi connectivity index (χ2n) is 7.25. The number of esters is 1. The Morgan fingerprint density at radius 3 is 1.51 bits per heavy atom. The highest BCUT2D eigenvalue weighted by Gasteiger charge is 2.63. The largest absolute Gasteiger partial charge is 0.481 e. The molecule has 1 N–H and O–H groups in total. The highest BCUT2D eigenvalue weighted by Crippen LogP contribution is 2.37. The predicted molar refractivity (Wildman–Crippen MR) is 129 cm³/mol. The number of hydrogen-bond donors (Lipinski definition) is 1. The third kappa shape index (κ3) is 10.3. The SMILES string of the molecule is CCOC(OCC)(OCC)C(CCOC(OCC)(OCC)C(OC)(OCC)OC(=O)CCC(=O)O)OC. The van der Waals surface area contributed by atoms with Gasteiger partial charge in [0.2, 0.25) is 0 Å². The molecule has 0 fully saturated rings. The number of rotatable bonds is 24. The molecule has 0 aromatic carbocycles. The Kier molecular flexibility index (Phi) is 18.0. The smallest absolute Gasteiger partial charge is 0.416 e. The van der Waals surface area contributed by atoms with Crippen LogP contribution in [0.1, 0.15) is 60.8 Å². The average molecular weight is 543 g/mol. The lowest BCUT2D eigenvalue weighted by molar-refractivity contribution is -0.547. The first-order valence-corrected chi connectivity index (χ1v) is 12.6. The Labute approximate surface area is 219 Å². The van der Waals surface area contributed by atoms with Crippen molar-refractivity contribution < 1.29 is 62.1 Å². The summed E-state index contributed by atoms with van der Waals surface area (Å²) >= 11 is 0. The van der Waals surface area contributed by atoms with E-state index < -0.39 is 48.8 Å². The number of carbonyl (C=O) groups is 2. The van der Waals surface area contributed by atoms with Crippen LogP contribution in [0.3, 0.4) is 0 Å². The summed E-state index contributed by atoms with van der Waals surface area (Å²) in [4.78, 5) is 23.5. The van der Waals surface area contributed by atoms with E-state index in [1.807, 2.05) is 0 Å². The van der Waals surface area contributed by atoms with Crippen molar-refractivity contribution in [2.45, 2.75) is 84.8 Å². The van der Waals surface area contributed by atoms with Gasteiger partial charge in [0.15, 0.2) is 0 Å². The summed E-state index contributed by atoms with van der Waals surface area (Å²) in [5, 5.41) is 8.93. The van der Waals surface area contributed by atoms with Crippen LogP contribution in [0.15, 0.2) is 0 Å². The number of carboxylic acids is 1. The van der Waals surface area contributed by atoms with E-state index in [2.05, 4.69) is 0 Å². The van der Waals surface area contributed by atoms with Gasteiger partial charge in [0.05, 0.1) is 26.1 Å². The molecule has 0 amide bonds. The summed E-state index contributed by atoms with van der Waals surface area (Å²) in [5.41, 5.74) is 0. The highest BCUT2D eigenvalue weighted by atomic mass is 17.0. The van der Waals surface area contributed by atoms with E-state index in [-0.39, 0.29) is 32.8 Å². The summed E-state index contributed by atoms with van der Waals surface area (Å²) in [6.07, 6.45) is -1.47. The monoisotopic (exact) mass is 542 g/mol. The third-order valence-corrected chi connectivity index (χ3v) is 4.83. The number of ether oxygens (including phenoxy) is 10. The zero-order valence-corrected chi connectivity index (χ0v) is 23.5. The number of methoxy groups -OCH3 is 2. The van der Waals surface area contributed by atoms with Gasteiger partial charge in [-0.15, -0.1) is 0 Å². The molecule has 0 saturated heterocycles. The summed E-state index contributed by atoms with van der Waals surface area (Å²) in [7, 11) is 2.71.